The fraction of sp³-hybridized carbons (Fsp3) is 0.733. The van der Waals surface area contributed by atoms with Gasteiger partial charge in [0.1, 0.15) is 11.9 Å². The van der Waals surface area contributed by atoms with E-state index in [9.17, 15) is 18.3 Å². The van der Waals surface area contributed by atoms with Crippen molar-refractivity contribution in [2.75, 3.05) is 0 Å². The molecule has 0 spiro atoms. The second kappa shape index (κ2) is 6.83. The first-order chi connectivity index (χ1) is 9.86. The molecule has 1 saturated carbocycles. The summed E-state index contributed by atoms with van der Waals surface area (Å²) in [5.74, 6) is -0.716. The number of hydrogen-bond acceptors (Lipinski definition) is 3. The van der Waals surface area contributed by atoms with E-state index in [1.165, 1.54) is 6.26 Å². The monoisotopic (exact) mass is 305 g/mol. The van der Waals surface area contributed by atoms with Gasteiger partial charge in [-0.1, -0.05) is 6.42 Å². The van der Waals surface area contributed by atoms with Crippen LogP contribution in [-0.4, -0.2) is 23.4 Å². The summed E-state index contributed by atoms with van der Waals surface area (Å²) in [4.78, 5) is 0. The largest absolute Gasteiger partial charge is 0.467 e. The van der Waals surface area contributed by atoms with Crippen LogP contribution in [0.2, 0.25) is 0 Å². The molecule has 0 amide bonds. The smallest absolute Gasteiger partial charge is 0.391 e. The Morgan fingerprint density at radius 2 is 2.19 bits per heavy atom. The molecule has 0 saturated heterocycles. The van der Waals surface area contributed by atoms with Crippen LogP contribution < -0.4 is 5.32 Å². The Hall–Kier alpha value is -1.01. The summed E-state index contributed by atoms with van der Waals surface area (Å²) < 4.78 is 43.4. The van der Waals surface area contributed by atoms with Gasteiger partial charge < -0.3 is 14.8 Å². The molecule has 0 aromatic carbocycles. The van der Waals surface area contributed by atoms with E-state index in [1.54, 1.807) is 12.1 Å². The van der Waals surface area contributed by atoms with Crippen LogP contribution in [0.3, 0.4) is 0 Å². The molecule has 1 fully saturated rings. The summed E-state index contributed by atoms with van der Waals surface area (Å²) in [5, 5.41) is 13.2. The summed E-state index contributed by atoms with van der Waals surface area (Å²) in [5.41, 5.74) is 0. The standard InChI is InChI=1S/C15H22F3NO2/c1-10(8-13(20)14-6-3-7-21-14)19-12-5-2-4-11(9-12)15(16,17)18/h3,6-7,10-13,19-20H,2,4-5,8-9H2,1H3/t10-,11-,12+,13+/m1/s1. The lowest BCUT2D eigenvalue weighted by molar-refractivity contribution is -0.183. The second-order valence-electron chi connectivity index (χ2n) is 5.94. The van der Waals surface area contributed by atoms with Crippen molar-refractivity contribution in [2.45, 2.75) is 63.4 Å². The quantitative estimate of drug-likeness (QED) is 0.869. The van der Waals surface area contributed by atoms with Gasteiger partial charge in [-0.15, -0.1) is 0 Å². The number of alkyl halides is 3. The van der Waals surface area contributed by atoms with Gasteiger partial charge in [-0.05, 0) is 44.7 Å². The highest BCUT2D eigenvalue weighted by Gasteiger charge is 2.42. The Labute approximate surface area is 122 Å². The van der Waals surface area contributed by atoms with Gasteiger partial charge in [0.25, 0.3) is 0 Å². The Morgan fingerprint density at radius 1 is 1.43 bits per heavy atom. The van der Waals surface area contributed by atoms with E-state index in [0.717, 1.165) is 6.42 Å². The molecule has 0 radical (unpaired) electrons. The Bertz CT molecular complexity index is 419. The van der Waals surface area contributed by atoms with Gasteiger partial charge in [-0.25, -0.2) is 0 Å². The molecule has 4 atom stereocenters. The minimum Gasteiger partial charge on any atom is -0.467 e. The molecule has 0 unspecified atom stereocenters. The van der Waals surface area contributed by atoms with Crippen molar-refractivity contribution in [2.24, 2.45) is 5.92 Å². The topological polar surface area (TPSA) is 45.4 Å². The van der Waals surface area contributed by atoms with Gasteiger partial charge in [0, 0.05) is 12.1 Å². The average molecular weight is 305 g/mol. The van der Waals surface area contributed by atoms with Gasteiger partial charge in [-0.2, -0.15) is 13.2 Å². The highest BCUT2D eigenvalue weighted by Crippen LogP contribution is 2.37. The maximum Gasteiger partial charge on any atom is 0.391 e. The zero-order chi connectivity index (χ0) is 15.5. The minimum absolute atomic E-state index is 0.0675. The Kier molecular flexibility index (Phi) is 5.32. The fourth-order valence-corrected chi connectivity index (χ4v) is 3.04. The van der Waals surface area contributed by atoms with E-state index in [0.29, 0.717) is 18.6 Å². The highest BCUT2D eigenvalue weighted by molar-refractivity contribution is 5.02. The fourth-order valence-electron chi connectivity index (χ4n) is 3.04. The summed E-state index contributed by atoms with van der Waals surface area (Å²) in [6, 6.07) is 3.19. The molecular weight excluding hydrogens is 283 g/mol. The first kappa shape index (κ1) is 16.4. The molecular formula is C15H22F3NO2. The molecule has 2 N–H and O–H groups in total. The number of nitrogens with one attached hydrogen (secondary N) is 1. The Balaban J connectivity index is 1.81. The third-order valence-electron chi connectivity index (χ3n) is 4.11. The molecule has 2 rings (SSSR count). The van der Waals surface area contributed by atoms with Gasteiger partial charge in [-0.3, -0.25) is 0 Å². The highest BCUT2D eigenvalue weighted by atomic mass is 19.4. The molecule has 0 aliphatic heterocycles. The summed E-state index contributed by atoms with van der Waals surface area (Å²) in [6.07, 6.45) is -1.22. The molecule has 120 valence electrons. The van der Waals surface area contributed by atoms with Gasteiger partial charge in [0.2, 0.25) is 0 Å². The predicted octanol–water partition coefficient (Wildman–Crippen LogP) is 3.80. The van der Waals surface area contributed by atoms with Crippen molar-refractivity contribution in [1.29, 1.82) is 0 Å². The van der Waals surface area contributed by atoms with Crippen LogP contribution in [0.4, 0.5) is 13.2 Å². The minimum atomic E-state index is -4.10. The lowest BCUT2D eigenvalue weighted by atomic mass is 9.85. The first-order valence-electron chi connectivity index (χ1n) is 7.40. The van der Waals surface area contributed by atoms with Crippen molar-refractivity contribution in [3.05, 3.63) is 24.2 Å². The number of furan rings is 1. The molecule has 3 nitrogen and oxygen atoms in total. The molecule has 0 bridgehead atoms. The number of aliphatic hydroxyl groups is 1. The lowest BCUT2D eigenvalue weighted by Gasteiger charge is -2.33. The van der Waals surface area contributed by atoms with Crippen molar-refractivity contribution < 1.29 is 22.7 Å². The zero-order valence-corrected chi connectivity index (χ0v) is 12.1. The molecule has 1 heterocycles. The molecule has 1 aliphatic carbocycles. The van der Waals surface area contributed by atoms with E-state index in [1.807, 2.05) is 6.92 Å². The van der Waals surface area contributed by atoms with Crippen LogP contribution in [-0.2, 0) is 0 Å². The summed E-state index contributed by atoms with van der Waals surface area (Å²) in [6.45, 7) is 1.88. The number of hydrogen-bond donors (Lipinski definition) is 2. The second-order valence-corrected chi connectivity index (χ2v) is 5.94. The van der Waals surface area contributed by atoms with E-state index in [4.69, 9.17) is 4.42 Å². The normalized spacial score (nSPS) is 26.5. The molecule has 1 aliphatic rings. The number of aliphatic hydroxyl groups excluding tert-OH is 1. The van der Waals surface area contributed by atoms with E-state index in [-0.39, 0.29) is 24.9 Å². The van der Waals surface area contributed by atoms with Gasteiger partial charge in [0.05, 0.1) is 12.2 Å². The SMILES string of the molecule is C[C@H](C[C@H](O)c1ccco1)N[C@H]1CCC[C@@H](C(F)(F)F)C1. The van der Waals surface area contributed by atoms with E-state index < -0.39 is 18.2 Å². The maximum atomic E-state index is 12.8. The predicted molar refractivity (Wildman–Crippen MR) is 72.7 cm³/mol. The van der Waals surface area contributed by atoms with Crippen molar-refractivity contribution >= 4 is 0 Å². The average Bonchev–Trinajstić information content (AvgIpc) is 2.91. The lowest BCUT2D eigenvalue weighted by Crippen LogP contribution is -2.43. The summed E-state index contributed by atoms with van der Waals surface area (Å²) >= 11 is 0. The zero-order valence-electron chi connectivity index (χ0n) is 12.1. The van der Waals surface area contributed by atoms with Gasteiger partial charge >= 0.3 is 6.18 Å². The van der Waals surface area contributed by atoms with E-state index >= 15 is 0 Å². The van der Waals surface area contributed by atoms with Crippen LogP contribution in [0.5, 0.6) is 0 Å². The van der Waals surface area contributed by atoms with E-state index in [2.05, 4.69) is 5.32 Å². The molecule has 1 aromatic rings. The Morgan fingerprint density at radius 3 is 2.81 bits per heavy atom. The molecule has 21 heavy (non-hydrogen) atoms. The maximum absolute atomic E-state index is 12.8. The van der Waals surface area contributed by atoms with Crippen LogP contribution in [0.15, 0.2) is 22.8 Å². The van der Waals surface area contributed by atoms with Crippen LogP contribution in [0.25, 0.3) is 0 Å². The number of halogens is 3. The number of rotatable bonds is 5. The van der Waals surface area contributed by atoms with Crippen molar-refractivity contribution in [1.82, 2.24) is 5.32 Å². The van der Waals surface area contributed by atoms with Crippen molar-refractivity contribution in [3.8, 4) is 0 Å². The third kappa shape index (κ3) is 4.74. The van der Waals surface area contributed by atoms with Crippen LogP contribution in [0.1, 0.15) is 50.9 Å². The first-order valence-corrected chi connectivity index (χ1v) is 7.40. The van der Waals surface area contributed by atoms with Gasteiger partial charge in [0.15, 0.2) is 0 Å². The van der Waals surface area contributed by atoms with Crippen LogP contribution in [0, 0.1) is 5.92 Å². The van der Waals surface area contributed by atoms with Crippen molar-refractivity contribution in [3.63, 3.8) is 0 Å². The third-order valence-corrected chi connectivity index (χ3v) is 4.11. The van der Waals surface area contributed by atoms with Crippen LogP contribution >= 0.6 is 0 Å². The molecule has 6 heteroatoms. The molecule has 1 aromatic heterocycles. The summed E-state index contributed by atoms with van der Waals surface area (Å²) in [7, 11) is 0.